The molecule has 0 aliphatic heterocycles. The van der Waals surface area contributed by atoms with Crippen molar-refractivity contribution >= 4 is 55.5 Å². The van der Waals surface area contributed by atoms with Crippen LogP contribution < -0.4 is 29.7 Å². The van der Waals surface area contributed by atoms with Crippen LogP contribution in [0.25, 0.3) is 10.9 Å². The van der Waals surface area contributed by atoms with Gasteiger partial charge in [-0.1, -0.05) is 11.6 Å². The number of fused-ring (bicyclic) bond motifs is 1. The number of hydrogen-bond donors (Lipinski definition) is 2. The van der Waals surface area contributed by atoms with Gasteiger partial charge in [0.15, 0.2) is 0 Å². The molecule has 4 aromatic carbocycles. The van der Waals surface area contributed by atoms with Gasteiger partial charge in [-0.05, 0) is 97.9 Å². The number of nitrogens with one attached hydrogen (secondary N) is 2. The minimum Gasteiger partial charge on any atom is -0.497 e. The molecule has 0 spiro atoms. The zero-order chi connectivity index (χ0) is 35.1. The summed E-state index contributed by atoms with van der Waals surface area (Å²) in [4.78, 5) is 19.6. The third-order valence-corrected chi connectivity index (χ3v) is 10.0. The number of halogens is 1. The number of benzene rings is 4. The van der Waals surface area contributed by atoms with Crippen LogP contribution in [0.1, 0.15) is 16.1 Å². The molecule has 5 rings (SSSR count). The molecule has 1 aromatic heterocycles. The number of anilines is 3. The van der Waals surface area contributed by atoms with Gasteiger partial charge in [0.05, 0.1) is 44.1 Å². The molecular weight excluding hydrogens is 666 g/mol. The maximum Gasteiger partial charge on any atom is 0.258 e. The smallest absolute Gasteiger partial charge is 0.258 e. The highest BCUT2D eigenvalue weighted by atomic mass is 35.5. The monoisotopic (exact) mass is 703 g/mol. The van der Waals surface area contributed by atoms with E-state index in [0.29, 0.717) is 39.2 Å². The zero-order valence-electron chi connectivity index (χ0n) is 27.9. The van der Waals surface area contributed by atoms with Crippen LogP contribution >= 0.6 is 11.6 Å². The van der Waals surface area contributed by atoms with Crippen molar-refractivity contribution in [2.24, 2.45) is 0 Å². The number of pyridine rings is 1. The number of hydrogen-bond acceptors (Lipinski definition) is 9. The highest BCUT2D eigenvalue weighted by Gasteiger charge is 2.25. The molecule has 0 atom stereocenters. The molecule has 0 saturated heterocycles. The summed E-state index contributed by atoms with van der Waals surface area (Å²) in [7, 11) is 2.31. The Bertz CT molecular complexity index is 2040. The highest BCUT2D eigenvalue weighted by molar-refractivity contribution is 7.89. The predicted octanol–water partition coefficient (Wildman–Crippen LogP) is 6.67. The molecule has 256 valence electrons. The number of aromatic nitrogens is 1. The molecule has 13 heteroatoms. The van der Waals surface area contributed by atoms with Gasteiger partial charge >= 0.3 is 0 Å². The van der Waals surface area contributed by atoms with E-state index in [4.69, 9.17) is 25.8 Å². The van der Waals surface area contributed by atoms with E-state index in [2.05, 4.69) is 15.6 Å². The van der Waals surface area contributed by atoms with Gasteiger partial charge < -0.3 is 29.7 Å². The van der Waals surface area contributed by atoms with Crippen molar-refractivity contribution < 1.29 is 27.4 Å². The Morgan fingerprint density at radius 3 is 2.14 bits per heavy atom. The van der Waals surface area contributed by atoms with E-state index in [-0.39, 0.29) is 30.6 Å². The molecule has 0 fully saturated rings. The first kappa shape index (κ1) is 35.3. The van der Waals surface area contributed by atoms with Crippen LogP contribution in [0, 0.1) is 6.92 Å². The SMILES string of the molecule is COc1ccc(N(C)C(=O)c2ccc(NCN(CCNc3cc(C)nc4ccc(Cl)cc34)S(=O)(=O)c3ccc(OC)cc3)c(OC)c2)cc1. The number of nitrogens with zero attached hydrogens (tertiary/aromatic N) is 3. The lowest BCUT2D eigenvalue weighted by Gasteiger charge is -2.25. The van der Waals surface area contributed by atoms with Crippen LogP contribution in [0.4, 0.5) is 17.1 Å². The van der Waals surface area contributed by atoms with Gasteiger partial charge in [-0.3, -0.25) is 9.78 Å². The van der Waals surface area contributed by atoms with Crippen LogP contribution in [0.3, 0.4) is 0 Å². The maximum atomic E-state index is 14.0. The van der Waals surface area contributed by atoms with Crippen molar-refractivity contribution in [3.63, 3.8) is 0 Å². The Morgan fingerprint density at radius 1 is 0.816 bits per heavy atom. The number of rotatable bonds is 14. The van der Waals surface area contributed by atoms with Crippen molar-refractivity contribution in [3.05, 3.63) is 107 Å². The lowest BCUT2D eigenvalue weighted by Crippen LogP contribution is -2.38. The van der Waals surface area contributed by atoms with E-state index >= 15 is 0 Å². The van der Waals surface area contributed by atoms with Crippen LogP contribution in [0.2, 0.25) is 5.02 Å². The number of methoxy groups -OCH3 is 3. The third-order valence-electron chi connectivity index (χ3n) is 7.93. The Kier molecular flexibility index (Phi) is 11.1. The van der Waals surface area contributed by atoms with Crippen LogP contribution in [-0.2, 0) is 10.0 Å². The fourth-order valence-corrected chi connectivity index (χ4v) is 6.75. The molecule has 1 amide bonds. The molecule has 1 heterocycles. The van der Waals surface area contributed by atoms with Crippen molar-refractivity contribution in [3.8, 4) is 17.2 Å². The van der Waals surface area contributed by atoms with E-state index in [1.54, 1.807) is 74.8 Å². The van der Waals surface area contributed by atoms with Crippen molar-refractivity contribution in [2.45, 2.75) is 11.8 Å². The average molecular weight is 704 g/mol. The molecule has 0 bridgehead atoms. The number of carbonyl (C=O) groups excluding carboxylic acids is 1. The summed E-state index contributed by atoms with van der Waals surface area (Å²) in [6, 6.07) is 25.7. The Labute approximate surface area is 291 Å². The van der Waals surface area contributed by atoms with E-state index in [9.17, 15) is 13.2 Å². The lowest BCUT2D eigenvalue weighted by atomic mass is 10.1. The second-order valence-electron chi connectivity index (χ2n) is 11.1. The Morgan fingerprint density at radius 2 is 1.49 bits per heavy atom. The summed E-state index contributed by atoms with van der Waals surface area (Å²) in [6.07, 6.45) is 0. The third kappa shape index (κ3) is 8.16. The Hall–Kier alpha value is -5.04. The molecule has 49 heavy (non-hydrogen) atoms. The first-order valence-corrected chi connectivity index (χ1v) is 17.1. The minimum absolute atomic E-state index is 0.0899. The second kappa shape index (κ2) is 15.5. The van der Waals surface area contributed by atoms with E-state index < -0.39 is 10.0 Å². The molecule has 0 unspecified atom stereocenters. The second-order valence-corrected chi connectivity index (χ2v) is 13.4. The molecule has 11 nitrogen and oxygen atoms in total. The molecule has 2 N–H and O–H groups in total. The summed E-state index contributed by atoms with van der Waals surface area (Å²) in [5, 5.41) is 7.98. The number of aryl methyl sites for hydroxylation is 1. The fourth-order valence-electron chi connectivity index (χ4n) is 5.23. The molecule has 0 radical (unpaired) electrons. The minimum atomic E-state index is -3.96. The Balaban J connectivity index is 1.36. The number of amides is 1. The van der Waals surface area contributed by atoms with Gasteiger partial charge in [-0.15, -0.1) is 0 Å². The van der Waals surface area contributed by atoms with E-state index in [1.807, 2.05) is 25.1 Å². The summed E-state index contributed by atoms with van der Waals surface area (Å²) in [6.45, 7) is 2.20. The van der Waals surface area contributed by atoms with Gasteiger partial charge in [0.25, 0.3) is 5.91 Å². The van der Waals surface area contributed by atoms with Gasteiger partial charge in [-0.2, -0.15) is 4.31 Å². The number of carbonyl (C=O) groups is 1. The largest absolute Gasteiger partial charge is 0.497 e. The van der Waals surface area contributed by atoms with E-state index in [0.717, 1.165) is 22.3 Å². The number of sulfonamides is 1. The summed E-state index contributed by atoms with van der Waals surface area (Å²) in [5.41, 5.74) is 3.98. The van der Waals surface area contributed by atoms with Gasteiger partial charge in [0.2, 0.25) is 10.0 Å². The van der Waals surface area contributed by atoms with E-state index in [1.165, 1.54) is 35.6 Å². The van der Waals surface area contributed by atoms with Gasteiger partial charge in [0, 0.05) is 53.2 Å². The highest BCUT2D eigenvalue weighted by Crippen LogP contribution is 2.29. The first-order valence-electron chi connectivity index (χ1n) is 15.3. The normalized spacial score (nSPS) is 11.3. The first-order chi connectivity index (χ1) is 23.5. The zero-order valence-corrected chi connectivity index (χ0v) is 29.4. The molecule has 0 aliphatic carbocycles. The van der Waals surface area contributed by atoms with Gasteiger partial charge in [-0.25, -0.2) is 8.42 Å². The quantitative estimate of drug-likeness (QED) is 0.122. The molecule has 0 aliphatic rings. The van der Waals surface area contributed by atoms with Crippen molar-refractivity contribution in [2.75, 3.05) is 63.7 Å². The van der Waals surface area contributed by atoms with Crippen LogP contribution in [0.15, 0.2) is 95.9 Å². The topological polar surface area (TPSA) is 122 Å². The summed E-state index contributed by atoms with van der Waals surface area (Å²) >= 11 is 6.27. The predicted molar refractivity (Wildman–Crippen MR) is 194 cm³/mol. The van der Waals surface area contributed by atoms with Crippen molar-refractivity contribution in [1.82, 2.24) is 9.29 Å². The molecular formula is C36H38ClN5O6S. The number of ether oxygens (including phenoxy) is 3. The average Bonchev–Trinajstić information content (AvgIpc) is 3.12. The lowest BCUT2D eigenvalue weighted by molar-refractivity contribution is 0.0992. The van der Waals surface area contributed by atoms with Crippen LogP contribution in [0.5, 0.6) is 17.2 Å². The maximum absolute atomic E-state index is 14.0. The molecule has 0 saturated carbocycles. The van der Waals surface area contributed by atoms with Crippen molar-refractivity contribution in [1.29, 1.82) is 0 Å². The van der Waals surface area contributed by atoms with Gasteiger partial charge in [0.1, 0.15) is 17.2 Å². The van der Waals surface area contributed by atoms with Crippen LogP contribution in [-0.4, -0.2) is 71.7 Å². The molecule has 5 aromatic rings. The fraction of sp³-hybridized carbons (Fsp3) is 0.222. The summed E-state index contributed by atoms with van der Waals surface area (Å²) < 4.78 is 45.3. The standard InChI is InChI=1S/C36H38ClN5O6S/c1-24-20-34(31-22-26(37)7-17-32(31)40-24)38-18-19-42(49(44,45)30-14-12-29(47-4)13-15-30)23-39-33-16-6-25(21-35(33)48-5)36(43)41(2)27-8-10-28(46-3)11-9-27/h6-17,20-22,39H,18-19,23H2,1-5H3,(H,38,40). The summed E-state index contributed by atoms with van der Waals surface area (Å²) in [5.74, 6) is 1.36.